The van der Waals surface area contributed by atoms with Gasteiger partial charge in [-0.2, -0.15) is 0 Å². The first kappa shape index (κ1) is 17.8. The quantitative estimate of drug-likeness (QED) is 0.331. The molecule has 0 aliphatic rings. The first-order valence-corrected chi connectivity index (χ1v) is 10.1. The Balaban J connectivity index is 3.00. The molecule has 3 heteroatoms. The molecule has 0 atom stereocenters. The van der Waals surface area contributed by atoms with Gasteiger partial charge in [-0.05, 0) is 53.9 Å². The summed E-state index contributed by atoms with van der Waals surface area (Å²) in [7, 11) is -1.88. The lowest BCUT2D eigenvalue weighted by atomic mass is 10.3. The van der Waals surface area contributed by atoms with Gasteiger partial charge in [0.25, 0.3) is 8.32 Å². The third-order valence-electron chi connectivity index (χ3n) is 4.24. The van der Waals surface area contributed by atoms with Gasteiger partial charge in [-0.1, -0.05) is 41.5 Å². The molecule has 0 radical (unpaired) electrons. The molecule has 0 aliphatic carbocycles. The van der Waals surface area contributed by atoms with Crippen LogP contribution in [0.2, 0.25) is 16.6 Å². The van der Waals surface area contributed by atoms with E-state index >= 15 is 0 Å². The van der Waals surface area contributed by atoms with Crippen molar-refractivity contribution in [3.63, 3.8) is 0 Å². The van der Waals surface area contributed by atoms with E-state index in [0.717, 1.165) is 11.5 Å². The van der Waals surface area contributed by atoms with Gasteiger partial charge in [-0.15, -0.1) is 0 Å². The minimum Gasteiger partial charge on any atom is -0.543 e. The lowest BCUT2D eigenvalue weighted by Gasteiger charge is -2.42. The third kappa shape index (κ3) is 4.13. The molecule has 0 amide bonds. The largest absolute Gasteiger partial charge is 0.543 e. The summed E-state index contributed by atoms with van der Waals surface area (Å²) in [4.78, 5) is 0. The second-order valence-corrected chi connectivity index (χ2v) is 11.8. The summed E-state index contributed by atoms with van der Waals surface area (Å²) in [6.45, 7) is 15.8. The minimum absolute atomic E-state index is 0.574. The smallest absolute Gasteiger partial charge is 0.258 e. The van der Waals surface area contributed by atoms with Crippen molar-refractivity contribution in [2.45, 2.75) is 65.1 Å². The number of rotatable bonds is 7. The summed E-state index contributed by atoms with van der Waals surface area (Å²) in [6, 6.07) is 3.84. The molecule has 0 aromatic carbocycles. The summed E-state index contributed by atoms with van der Waals surface area (Å²) in [6.07, 6.45) is 7.72. The Morgan fingerprint density at radius 3 is 2.05 bits per heavy atom. The van der Waals surface area contributed by atoms with E-state index in [4.69, 9.17) is 8.84 Å². The van der Waals surface area contributed by atoms with Crippen molar-refractivity contribution in [3.05, 3.63) is 42.1 Å². The highest BCUT2D eigenvalue weighted by molar-refractivity contribution is 6.77. The van der Waals surface area contributed by atoms with Crippen LogP contribution in [0.5, 0.6) is 0 Å². The second kappa shape index (κ2) is 7.69. The normalized spacial score (nSPS) is 13.9. The minimum atomic E-state index is -1.88. The molecule has 2 nitrogen and oxygen atoms in total. The number of allylic oxidation sites excluding steroid dienone is 2. The molecule has 0 aliphatic heterocycles. The first-order valence-electron chi connectivity index (χ1n) is 7.91. The first-order chi connectivity index (χ1) is 9.84. The molecule has 0 saturated carbocycles. The fourth-order valence-corrected chi connectivity index (χ4v) is 8.60. The van der Waals surface area contributed by atoms with E-state index < -0.39 is 8.32 Å². The van der Waals surface area contributed by atoms with Crippen molar-refractivity contribution >= 4 is 14.4 Å². The van der Waals surface area contributed by atoms with Gasteiger partial charge in [-0.25, -0.2) is 0 Å². The zero-order valence-electron chi connectivity index (χ0n) is 14.5. The molecule has 0 saturated heterocycles. The molecule has 1 rings (SSSR count). The topological polar surface area (TPSA) is 22.4 Å². The van der Waals surface area contributed by atoms with Gasteiger partial charge in [0.05, 0.1) is 12.0 Å². The maximum absolute atomic E-state index is 6.64. The van der Waals surface area contributed by atoms with Crippen LogP contribution in [-0.2, 0) is 4.43 Å². The average Bonchev–Trinajstić information content (AvgIpc) is 2.91. The highest BCUT2D eigenvalue weighted by Gasteiger charge is 2.47. The molecular formula is C18H30O2Si. The standard InChI is InChI=1S/C18H30O2Si/c1-8-17(11-12-18-10-9-13-19-18)20-21(14(2)3,15(4)5)16(6)7/h8-16H,1-7H3/b12-11+,17-8+. The van der Waals surface area contributed by atoms with Crippen molar-refractivity contribution in [1.82, 2.24) is 0 Å². The SMILES string of the molecule is C/C=C(\C=C\c1ccco1)O[Si](C(C)C)(C(C)C)C(C)C. The van der Waals surface area contributed by atoms with Crippen LogP contribution in [-0.4, -0.2) is 8.32 Å². The molecule has 0 bridgehead atoms. The molecule has 0 spiro atoms. The Bertz CT molecular complexity index is 446. The predicted octanol–water partition coefficient (Wildman–Crippen LogP) is 6.39. The van der Waals surface area contributed by atoms with E-state index in [1.54, 1.807) is 6.26 Å². The molecule has 0 fully saturated rings. The molecule has 1 aromatic heterocycles. The lowest BCUT2D eigenvalue weighted by Crippen LogP contribution is -2.47. The van der Waals surface area contributed by atoms with Gasteiger partial charge in [-0.3, -0.25) is 0 Å². The van der Waals surface area contributed by atoms with Gasteiger partial charge in [0.1, 0.15) is 5.76 Å². The number of hydrogen-bond donors (Lipinski definition) is 0. The summed E-state index contributed by atoms with van der Waals surface area (Å²) in [5, 5.41) is 0. The van der Waals surface area contributed by atoms with E-state index in [9.17, 15) is 0 Å². The van der Waals surface area contributed by atoms with Gasteiger partial charge in [0.15, 0.2) is 0 Å². The third-order valence-corrected chi connectivity index (χ3v) is 10.2. The fourth-order valence-electron chi connectivity index (χ4n) is 3.30. The van der Waals surface area contributed by atoms with Crippen molar-refractivity contribution in [3.8, 4) is 0 Å². The summed E-state index contributed by atoms with van der Waals surface area (Å²) in [5.74, 6) is 1.80. The Hall–Kier alpha value is -1.22. The Morgan fingerprint density at radius 1 is 1.10 bits per heavy atom. The fraction of sp³-hybridized carbons (Fsp3) is 0.556. The summed E-state index contributed by atoms with van der Waals surface area (Å²) < 4.78 is 12.0. The number of hydrogen-bond acceptors (Lipinski definition) is 2. The monoisotopic (exact) mass is 306 g/mol. The van der Waals surface area contributed by atoms with Crippen LogP contribution >= 0.6 is 0 Å². The molecule has 1 aromatic rings. The molecule has 0 N–H and O–H groups in total. The second-order valence-electron chi connectivity index (χ2n) is 6.46. The van der Waals surface area contributed by atoms with Crippen molar-refractivity contribution in [2.75, 3.05) is 0 Å². The summed E-state index contributed by atoms with van der Waals surface area (Å²) in [5.41, 5.74) is 1.72. The lowest BCUT2D eigenvalue weighted by molar-refractivity contribution is 0.386. The van der Waals surface area contributed by atoms with Crippen LogP contribution in [0, 0.1) is 0 Å². The van der Waals surface area contributed by atoms with Crippen LogP contribution in [0.1, 0.15) is 54.2 Å². The zero-order chi connectivity index (χ0) is 16.0. The Labute approximate surface area is 131 Å². The van der Waals surface area contributed by atoms with Gasteiger partial charge >= 0.3 is 0 Å². The molecular weight excluding hydrogens is 276 g/mol. The van der Waals surface area contributed by atoms with E-state index in [1.165, 1.54) is 0 Å². The van der Waals surface area contributed by atoms with E-state index in [0.29, 0.717) is 16.6 Å². The maximum Gasteiger partial charge on any atom is 0.258 e. The Kier molecular flexibility index (Phi) is 6.53. The van der Waals surface area contributed by atoms with Crippen LogP contribution in [0.4, 0.5) is 0 Å². The van der Waals surface area contributed by atoms with Gasteiger partial charge in [0, 0.05) is 0 Å². The predicted molar refractivity (Wildman–Crippen MR) is 93.6 cm³/mol. The maximum atomic E-state index is 6.64. The van der Waals surface area contributed by atoms with E-state index in [1.807, 2.05) is 37.3 Å². The number of furan rings is 1. The van der Waals surface area contributed by atoms with E-state index in [2.05, 4.69) is 41.5 Å². The van der Waals surface area contributed by atoms with Crippen molar-refractivity contribution < 1.29 is 8.84 Å². The van der Waals surface area contributed by atoms with Gasteiger partial charge in [0.2, 0.25) is 0 Å². The zero-order valence-corrected chi connectivity index (χ0v) is 15.5. The molecule has 21 heavy (non-hydrogen) atoms. The highest BCUT2D eigenvalue weighted by Crippen LogP contribution is 2.43. The van der Waals surface area contributed by atoms with Crippen LogP contribution < -0.4 is 0 Å². The van der Waals surface area contributed by atoms with Gasteiger partial charge < -0.3 is 8.84 Å². The molecule has 1 heterocycles. The molecule has 0 unspecified atom stereocenters. The average molecular weight is 307 g/mol. The molecule has 118 valence electrons. The Morgan fingerprint density at radius 2 is 1.67 bits per heavy atom. The van der Waals surface area contributed by atoms with Crippen LogP contribution in [0.15, 0.2) is 40.7 Å². The highest BCUT2D eigenvalue weighted by atomic mass is 28.4. The van der Waals surface area contributed by atoms with Crippen LogP contribution in [0.3, 0.4) is 0 Å². The van der Waals surface area contributed by atoms with Crippen molar-refractivity contribution in [1.29, 1.82) is 0 Å². The van der Waals surface area contributed by atoms with E-state index in [-0.39, 0.29) is 0 Å². The van der Waals surface area contributed by atoms with Crippen LogP contribution in [0.25, 0.3) is 6.08 Å². The van der Waals surface area contributed by atoms with Crippen molar-refractivity contribution in [2.24, 2.45) is 0 Å². The summed E-state index contributed by atoms with van der Waals surface area (Å²) >= 11 is 0.